The highest BCUT2D eigenvalue weighted by molar-refractivity contribution is 5.15. The molecule has 1 fully saturated rings. The fraction of sp³-hybridized carbons (Fsp3) is 0.692. The second-order valence-corrected chi connectivity index (χ2v) is 4.90. The van der Waals surface area contributed by atoms with Crippen LogP contribution in [0, 0.1) is 6.92 Å². The molecule has 0 atom stereocenters. The van der Waals surface area contributed by atoms with Gasteiger partial charge in [0.15, 0.2) is 0 Å². The maximum Gasteiger partial charge on any atom is 0.105 e. The van der Waals surface area contributed by atoms with E-state index in [1.54, 1.807) is 6.26 Å². The molecule has 0 amide bonds. The molecular formula is C13H22N2O2. The monoisotopic (exact) mass is 238 g/mol. The Bertz CT molecular complexity index is 356. The Kier molecular flexibility index (Phi) is 3.86. The Morgan fingerprint density at radius 1 is 1.41 bits per heavy atom. The first kappa shape index (κ1) is 12.6. The van der Waals surface area contributed by atoms with Gasteiger partial charge in [-0.1, -0.05) is 0 Å². The van der Waals surface area contributed by atoms with Gasteiger partial charge in [0.25, 0.3) is 0 Å². The minimum Gasteiger partial charge on any atom is -0.469 e. The van der Waals surface area contributed by atoms with Gasteiger partial charge in [0.05, 0.1) is 6.26 Å². The normalized spacial score (nSPS) is 19.8. The Morgan fingerprint density at radius 2 is 2.12 bits per heavy atom. The van der Waals surface area contributed by atoms with Crippen LogP contribution in [-0.4, -0.2) is 37.2 Å². The average Bonchev–Trinajstić information content (AvgIpc) is 2.76. The third kappa shape index (κ3) is 2.54. The topological polar surface area (TPSA) is 51.6 Å². The first-order valence-electron chi connectivity index (χ1n) is 6.20. The van der Waals surface area contributed by atoms with E-state index in [2.05, 4.69) is 11.9 Å². The summed E-state index contributed by atoms with van der Waals surface area (Å²) in [6, 6.07) is 2.04. The predicted molar refractivity (Wildman–Crippen MR) is 66.8 cm³/mol. The van der Waals surface area contributed by atoms with Crippen molar-refractivity contribution in [2.45, 2.75) is 31.8 Å². The van der Waals surface area contributed by atoms with Gasteiger partial charge in [-0.05, 0) is 32.9 Å². The van der Waals surface area contributed by atoms with Gasteiger partial charge >= 0.3 is 0 Å². The lowest BCUT2D eigenvalue weighted by Crippen LogP contribution is -2.54. The summed E-state index contributed by atoms with van der Waals surface area (Å²) in [5.41, 5.74) is 7.31. The van der Waals surface area contributed by atoms with Crippen LogP contribution in [0.5, 0.6) is 0 Å². The molecule has 1 aliphatic heterocycles. The van der Waals surface area contributed by atoms with Gasteiger partial charge in [0.1, 0.15) is 5.76 Å². The van der Waals surface area contributed by atoms with E-state index in [0.717, 1.165) is 38.4 Å². The number of hydrogen-bond acceptors (Lipinski definition) is 4. The number of furan rings is 1. The van der Waals surface area contributed by atoms with Crippen LogP contribution in [0.15, 0.2) is 16.7 Å². The second kappa shape index (κ2) is 5.21. The van der Waals surface area contributed by atoms with E-state index in [9.17, 15) is 0 Å². The molecule has 2 heterocycles. The van der Waals surface area contributed by atoms with Crippen molar-refractivity contribution in [3.05, 3.63) is 23.7 Å². The molecule has 0 radical (unpaired) electrons. The Balaban J connectivity index is 2.07. The summed E-state index contributed by atoms with van der Waals surface area (Å²) < 4.78 is 10.8. The van der Waals surface area contributed by atoms with Gasteiger partial charge in [0, 0.05) is 37.4 Å². The SMILES string of the molecule is Cc1occc1CN(C)C1(CN)CCOCC1. The fourth-order valence-corrected chi connectivity index (χ4v) is 2.49. The zero-order valence-electron chi connectivity index (χ0n) is 10.7. The first-order chi connectivity index (χ1) is 8.18. The largest absolute Gasteiger partial charge is 0.469 e. The van der Waals surface area contributed by atoms with Crippen LogP contribution >= 0.6 is 0 Å². The van der Waals surface area contributed by atoms with Crippen LogP contribution in [0.3, 0.4) is 0 Å². The quantitative estimate of drug-likeness (QED) is 0.864. The molecule has 1 saturated heterocycles. The molecule has 17 heavy (non-hydrogen) atoms. The van der Waals surface area contributed by atoms with Crippen LogP contribution in [0.1, 0.15) is 24.2 Å². The highest BCUT2D eigenvalue weighted by Crippen LogP contribution is 2.27. The molecule has 1 aromatic rings. The predicted octanol–water partition coefficient (Wildman–Crippen LogP) is 1.53. The van der Waals surface area contributed by atoms with E-state index in [-0.39, 0.29) is 5.54 Å². The van der Waals surface area contributed by atoms with Crippen molar-refractivity contribution < 1.29 is 9.15 Å². The summed E-state index contributed by atoms with van der Waals surface area (Å²) in [5, 5.41) is 0. The maximum absolute atomic E-state index is 5.99. The van der Waals surface area contributed by atoms with Crippen LogP contribution < -0.4 is 5.73 Å². The molecule has 4 nitrogen and oxygen atoms in total. The average molecular weight is 238 g/mol. The van der Waals surface area contributed by atoms with Gasteiger partial charge in [-0.15, -0.1) is 0 Å². The lowest BCUT2D eigenvalue weighted by Gasteiger charge is -2.43. The van der Waals surface area contributed by atoms with Gasteiger partial charge in [0.2, 0.25) is 0 Å². The fourth-order valence-electron chi connectivity index (χ4n) is 2.49. The van der Waals surface area contributed by atoms with Gasteiger partial charge in [-0.3, -0.25) is 4.90 Å². The molecule has 2 rings (SSSR count). The number of aryl methyl sites for hydroxylation is 1. The molecule has 0 bridgehead atoms. The van der Waals surface area contributed by atoms with Crippen molar-refractivity contribution in [3.63, 3.8) is 0 Å². The molecular weight excluding hydrogens is 216 g/mol. The van der Waals surface area contributed by atoms with E-state index < -0.39 is 0 Å². The third-order valence-corrected chi connectivity index (χ3v) is 3.99. The first-order valence-corrected chi connectivity index (χ1v) is 6.20. The van der Waals surface area contributed by atoms with Crippen molar-refractivity contribution in [2.75, 3.05) is 26.8 Å². The van der Waals surface area contributed by atoms with E-state index in [0.29, 0.717) is 6.54 Å². The van der Waals surface area contributed by atoms with Gasteiger partial charge in [-0.25, -0.2) is 0 Å². The Labute approximate surface area is 103 Å². The van der Waals surface area contributed by atoms with Crippen LogP contribution in [0.2, 0.25) is 0 Å². The van der Waals surface area contributed by atoms with Crippen LogP contribution in [0.25, 0.3) is 0 Å². The molecule has 1 aliphatic rings. The Hall–Kier alpha value is -0.840. The van der Waals surface area contributed by atoms with Crippen molar-refractivity contribution in [3.8, 4) is 0 Å². The molecule has 4 heteroatoms. The molecule has 0 spiro atoms. The van der Waals surface area contributed by atoms with Gasteiger partial charge < -0.3 is 14.9 Å². The number of likely N-dealkylation sites (N-methyl/N-ethyl adjacent to an activating group) is 1. The smallest absolute Gasteiger partial charge is 0.105 e. The summed E-state index contributed by atoms with van der Waals surface area (Å²) >= 11 is 0. The summed E-state index contributed by atoms with van der Waals surface area (Å²) in [5.74, 6) is 0.996. The minimum atomic E-state index is 0.0853. The third-order valence-electron chi connectivity index (χ3n) is 3.99. The van der Waals surface area contributed by atoms with Crippen molar-refractivity contribution in [1.29, 1.82) is 0 Å². The van der Waals surface area contributed by atoms with Crippen molar-refractivity contribution >= 4 is 0 Å². The molecule has 1 aromatic heterocycles. The Morgan fingerprint density at radius 3 is 2.65 bits per heavy atom. The zero-order chi connectivity index (χ0) is 12.3. The number of hydrogen-bond donors (Lipinski definition) is 1. The highest BCUT2D eigenvalue weighted by atomic mass is 16.5. The molecule has 96 valence electrons. The number of nitrogens with zero attached hydrogens (tertiary/aromatic N) is 1. The van der Waals surface area contributed by atoms with Gasteiger partial charge in [-0.2, -0.15) is 0 Å². The summed E-state index contributed by atoms with van der Waals surface area (Å²) in [6.45, 7) is 5.20. The standard InChI is InChI=1S/C13H22N2O2/c1-11-12(3-6-17-11)9-15(2)13(10-14)4-7-16-8-5-13/h3,6H,4-5,7-10,14H2,1-2H3. The summed E-state index contributed by atoms with van der Waals surface area (Å²) in [7, 11) is 2.14. The molecule has 0 aliphatic carbocycles. The number of rotatable bonds is 4. The van der Waals surface area contributed by atoms with Crippen LogP contribution in [0.4, 0.5) is 0 Å². The summed E-state index contributed by atoms with van der Waals surface area (Å²) in [4.78, 5) is 2.35. The molecule has 0 unspecified atom stereocenters. The van der Waals surface area contributed by atoms with Crippen molar-refractivity contribution in [1.82, 2.24) is 4.90 Å². The van der Waals surface area contributed by atoms with Crippen LogP contribution in [-0.2, 0) is 11.3 Å². The zero-order valence-corrected chi connectivity index (χ0v) is 10.7. The number of nitrogens with two attached hydrogens (primary N) is 1. The van der Waals surface area contributed by atoms with E-state index in [1.807, 2.05) is 13.0 Å². The summed E-state index contributed by atoms with van der Waals surface area (Å²) in [6.07, 6.45) is 3.77. The lowest BCUT2D eigenvalue weighted by atomic mass is 9.88. The van der Waals surface area contributed by atoms with E-state index in [4.69, 9.17) is 14.9 Å². The highest BCUT2D eigenvalue weighted by Gasteiger charge is 2.35. The number of ether oxygens (including phenoxy) is 1. The lowest BCUT2D eigenvalue weighted by molar-refractivity contribution is -0.0164. The second-order valence-electron chi connectivity index (χ2n) is 4.90. The maximum atomic E-state index is 5.99. The molecule has 0 aromatic carbocycles. The molecule has 2 N–H and O–H groups in total. The van der Waals surface area contributed by atoms with E-state index >= 15 is 0 Å². The molecule has 0 saturated carbocycles. The van der Waals surface area contributed by atoms with Crippen molar-refractivity contribution in [2.24, 2.45) is 5.73 Å². The van der Waals surface area contributed by atoms with E-state index in [1.165, 1.54) is 5.56 Å². The minimum absolute atomic E-state index is 0.0853.